The van der Waals surface area contributed by atoms with E-state index in [-0.39, 0.29) is 11.9 Å². The van der Waals surface area contributed by atoms with Crippen LogP contribution in [0.15, 0.2) is 54.7 Å². The molecule has 2 aromatic rings. The van der Waals surface area contributed by atoms with Crippen LogP contribution in [0.4, 0.5) is 0 Å². The van der Waals surface area contributed by atoms with Gasteiger partial charge in [-0.05, 0) is 24.1 Å². The molecule has 1 atom stereocenters. The van der Waals surface area contributed by atoms with E-state index in [2.05, 4.69) is 39.5 Å². The van der Waals surface area contributed by atoms with Gasteiger partial charge in [-0.3, -0.25) is 14.7 Å². The topological polar surface area (TPSA) is 54.5 Å². The SMILES string of the molecule is O=C(NCC(Cc1ccccc1)N1CCOCC1)c1ccccn1. The van der Waals surface area contributed by atoms with Crippen molar-refractivity contribution in [3.63, 3.8) is 0 Å². The molecular formula is C19H23N3O2. The Bertz CT molecular complexity index is 628. The third kappa shape index (κ3) is 4.63. The van der Waals surface area contributed by atoms with Gasteiger partial charge in [-0.25, -0.2) is 0 Å². The highest BCUT2D eigenvalue weighted by Crippen LogP contribution is 2.11. The van der Waals surface area contributed by atoms with Crippen molar-refractivity contribution in [1.82, 2.24) is 15.2 Å². The predicted molar refractivity (Wildman–Crippen MR) is 92.9 cm³/mol. The van der Waals surface area contributed by atoms with E-state index in [0.29, 0.717) is 12.2 Å². The lowest BCUT2D eigenvalue weighted by Crippen LogP contribution is -2.49. The highest BCUT2D eigenvalue weighted by molar-refractivity contribution is 5.92. The van der Waals surface area contributed by atoms with Gasteiger partial charge >= 0.3 is 0 Å². The third-order valence-electron chi connectivity index (χ3n) is 4.27. The van der Waals surface area contributed by atoms with E-state index < -0.39 is 0 Å². The molecule has 1 N–H and O–H groups in total. The zero-order chi connectivity index (χ0) is 16.6. The monoisotopic (exact) mass is 325 g/mol. The molecular weight excluding hydrogens is 302 g/mol. The molecule has 5 nitrogen and oxygen atoms in total. The van der Waals surface area contributed by atoms with Gasteiger partial charge in [-0.2, -0.15) is 0 Å². The predicted octanol–water partition coefficient (Wildman–Crippen LogP) is 1.75. The molecule has 24 heavy (non-hydrogen) atoms. The molecule has 1 unspecified atom stereocenters. The average Bonchev–Trinajstić information content (AvgIpc) is 2.67. The van der Waals surface area contributed by atoms with E-state index in [1.165, 1.54) is 5.56 Å². The third-order valence-corrected chi connectivity index (χ3v) is 4.27. The number of benzene rings is 1. The highest BCUT2D eigenvalue weighted by Gasteiger charge is 2.22. The first kappa shape index (κ1) is 16.6. The summed E-state index contributed by atoms with van der Waals surface area (Å²) in [6, 6.07) is 16.0. The van der Waals surface area contributed by atoms with Crippen molar-refractivity contribution in [2.75, 3.05) is 32.8 Å². The smallest absolute Gasteiger partial charge is 0.269 e. The van der Waals surface area contributed by atoms with Crippen LogP contribution in [0.3, 0.4) is 0 Å². The number of hydrogen-bond donors (Lipinski definition) is 1. The van der Waals surface area contributed by atoms with Crippen molar-refractivity contribution in [3.8, 4) is 0 Å². The molecule has 0 aliphatic carbocycles. The molecule has 5 heteroatoms. The maximum absolute atomic E-state index is 12.3. The number of hydrogen-bond acceptors (Lipinski definition) is 4. The van der Waals surface area contributed by atoms with Gasteiger partial charge < -0.3 is 10.1 Å². The van der Waals surface area contributed by atoms with Crippen LogP contribution in [-0.2, 0) is 11.2 Å². The van der Waals surface area contributed by atoms with Crippen molar-refractivity contribution >= 4 is 5.91 Å². The molecule has 1 amide bonds. The lowest BCUT2D eigenvalue weighted by molar-refractivity contribution is 0.0167. The molecule has 1 aromatic heterocycles. The van der Waals surface area contributed by atoms with Crippen LogP contribution >= 0.6 is 0 Å². The summed E-state index contributed by atoms with van der Waals surface area (Å²) in [6.45, 7) is 3.90. The van der Waals surface area contributed by atoms with E-state index in [1.807, 2.05) is 18.2 Å². The first-order valence-electron chi connectivity index (χ1n) is 8.38. The maximum atomic E-state index is 12.3. The second-order valence-electron chi connectivity index (χ2n) is 5.92. The van der Waals surface area contributed by atoms with Crippen LogP contribution in [0.25, 0.3) is 0 Å². The minimum Gasteiger partial charge on any atom is -0.379 e. The van der Waals surface area contributed by atoms with Gasteiger partial charge in [0, 0.05) is 31.9 Å². The number of rotatable bonds is 6. The Hall–Kier alpha value is -2.24. The molecule has 0 bridgehead atoms. The van der Waals surface area contributed by atoms with Gasteiger partial charge in [0.2, 0.25) is 0 Å². The Morgan fingerprint density at radius 3 is 2.58 bits per heavy atom. The Labute approximate surface area is 142 Å². The van der Waals surface area contributed by atoms with Gasteiger partial charge in [0.25, 0.3) is 5.91 Å². The van der Waals surface area contributed by atoms with E-state index in [9.17, 15) is 4.79 Å². The van der Waals surface area contributed by atoms with Gasteiger partial charge in [0.15, 0.2) is 0 Å². The lowest BCUT2D eigenvalue weighted by atomic mass is 10.0. The number of ether oxygens (including phenoxy) is 1. The number of aromatic nitrogens is 1. The van der Waals surface area contributed by atoms with Crippen LogP contribution in [0.5, 0.6) is 0 Å². The second-order valence-corrected chi connectivity index (χ2v) is 5.92. The van der Waals surface area contributed by atoms with Gasteiger partial charge in [0.1, 0.15) is 5.69 Å². The molecule has 1 aliphatic rings. The summed E-state index contributed by atoms with van der Waals surface area (Å²) in [5.41, 5.74) is 1.74. The number of amides is 1. The highest BCUT2D eigenvalue weighted by atomic mass is 16.5. The molecule has 126 valence electrons. The van der Waals surface area contributed by atoms with Crippen LogP contribution < -0.4 is 5.32 Å². The molecule has 0 radical (unpaired) electrons. The van der Waals surface area contributed by atoms with Crippen molar-refractivity contribution in [3.05, 3.63) is 66.0 Å². The van der Waals surface area contributed by atoms with Crippen LogP contribution in [0, 0.1) is 0 Å². The molecule has 1 aliphatic heterocycles. The summed E-state index contributed by atoms with van der Waals surface area (Å²) in [7, 11) is 0. The number of carbonyl (C=O) groups is 1. The quantitative estimate of drug-likeness (QED) is 0.879. The van der Waals surface area contributed by atoms with Crippen molar-refractivity contribution in [2.24, 2.45) is 0 Å². The molecule has 0 saturated carbocycles. The van der Waals surface area contributed by atoms with Gasteiger partial charge in [-0.15, -0.1) is 0 Å². The Balaban J connectivity index is 1.64. The van der Waals surface area contributed by atoms with E-state index >= 15 is 0 Å². The zero-order valence-electron chi connectivity index (χ0n) is 13.7. The second kappa shape index (κ2) is 8.57. The summed E-state index contributed by atoms with van der Waals surface area (Å²) < 4.78 is 5.46. The number of nitrogens with zero attached hydrogens (tertiary/aromatic N) is 2. The first-order valence-corrected chi connectivity index (χ1v) is 8.38. The standard InChI is InChI=1S/C19H23N3O2/c23-19(18-8-4-5-9-20-18)21-15-17(22-10-12-24-13-11-22)14-16-6-2-1-3-7-16/h1-9,17H,10-15H2,(H,21,23). The zero-order valence-corrected chi connectivity index (χ0v) is 13.7. The number of carbonyl (C=O) groups excluding carboxylic acids is 1. The van der Waals surface area contributed by atoms with Gasteiger partial charge in [-0.1, -0.05) is 36.4 Å². The molecule has 1 fully saturated rings. The van der Waals surface area contributed by atoms with Crippen LogP contribution in [-0.4, -0.2) is 54.7 Å². The number of pyridine rings is 1. The Morgan fingerprint density at radius 1 is 1.12 bits per heavy atom. The molecule has 2 heterocycles. The van der Waals surface area contributed by atoms with Crippen LogP contribution in [0.1, 0.15) is 16.1 Å². The molecule has 1 saturated heterocycles. The van der Waals surface area contributed by atoms with E-state index in [1.54, 1.807) is 12.3 Å². The Morgan fingerprint density at radius 2 is 1.88 bits per heavy atom. The fourth-order valence-corrected chi connectivity index (χ4v) is 2.96. The van der Waals surface area contributed by atoms with Crippen molar-refractivity contribution < 1.29 is 9.53 Å². The first-order chi connectivity index (χ1) is 11.8. The lowest BCUT2D eigenvalue weighted by Gasteiger charge is -2.34. The minimum atomic E-state index is -0.123. The largest absolute Gasteiger partial charge is 0.379 e. The fraction of sp³-hybridized carbons (Fsp3) is 0.368. The van der Waals surface area contributed by atoms with Crippen LogP contribution in [0.2, 0.25) is 0 Å². The summed E-state index contributed by atoms with van der Waals surface area (Å²) in [6.07, 6.45) is 2.54. The summed E-state index contributed by atoms with van der Waals surface area (Å²) in [4.78, 5) is 18.8. The molecule has 1 aromatic carbocycles. The molecule has 3 rings (SSSR count). The number of nitrogens with one attached hydrogen (secondary N) is 1. The van der Waals surface area contributed by atoms with E-state index in [0.717, 1.165) is 32.7 Å². The van der Waals surface area contributed by atoms with E-state index in [4.69, 9.17) is 4.74 Å². The van der Waals surface area contributed by atoms with Crippen molar-refractivity contribution in [2.45, 2.75) is 12.5 Å². The normalized spacial score (nSPS) is 16.5. The van der Waals surface area contributed by atoms with Crippen molar-refractivity contribution in [1.29, 1.82) is 0 Å². The number of morpholine rings is 1. The minimum absolute atomic E-state index is 0.123. The summed E-state index contributed by atoms with van der Waals surface area (Å²) in [5.74, 6) is -0.123. The summed E-state index contributed by atoms with van der Waals surface area (Å²) >= 11 is 0. The summed E-state index contributed by atoms with van der Waals surface area (Å²) in [5, 5.41) is 3.03. The maximum Gasteiger partial charge on any atom is 0.269 e. The molecule has 0 spiro atoms. The Kier molecular flexibility index (Phi) is 5.93. The van der Waals surface area contributed by atoms with Gasteiger partial charge in [0.05, 0.1) is 13.2 Å². The average molecular weight is 325 g/mol. The fourth-order valence-electron chi connectivity index (χ4n) is 2.96.